The number of carbonyl (C=O) groups is 1. The Bertz CT molecular complexity index is 858. The van der Waals surface area contributed by atoms with Crippen molar-refractivity contribution in [3.63, 3.8) is 0 Å². The summed E-state index contributed by atoms with van der Waals surface area (Å²) in [5.74, 6) is -2.96. The molecule has 5 nitrogen and oxygen atoms in total. The van der Waals surface area contributed by atoms with E-state index >= 15 is 0 Å². The predicted molar refractivity (Wildman–Crippen MR) is 95.0 cm³/mol. The maximum absolute atomic E-state index is 13.8. The molecule has 3 atom stereocenters. The van der Waals surface area contributed by atoms with Crippen LogP contribution in [0.4, 0.5) is 13.2 Å². The van der Waals surface area contributed by atoms with Crippen molar-refractivity contribution >= 4 is 23.1 Å². The summed E-state index contributed by atoms with van der Waals surface area (Å²) < 4.78 is 41.4. The molecule has 0 aliphatic carbocycles. The number of Topliss-reactive ketones (excluding diaryl/α,β-unsaturated/α-hetero) is 1. The molecule has 0 aromatic heterocycles. The van der Waals surface area contributed by atoms with E-state index < -0.39 is 34.8 Å². The molecule has 1 aliphatic heterocycles. The van der Waals surface area contributed by atoms with Gasteiger partial charge in [0.05, 0.1) is 6.04 Å². The maximum Gasteiger partial charge on any atom is 0.437 e. The lowest BCUT2D eigenvalue weighted by Gasteiger charge is -2.46. The first-order valence-electron chi connectivity index (χ1n) is 7.89. The maximum atomic E-state index is 13.8. The zero-order chi connectivity index (χ0) is 19.8. The molecule has 0 radical (unpaired) electrons. The fourth-order valence-electron chi connectivity index (χ4n) is 3.08. The molecule has 0 bridgehead atoms. The van der Waals surface area contributed by atoms with Crippen LogP contribution in [-0.2, 0) is 0 Å². The Morgan fingerprint density at radius 3 is 2.22 bits per heavy atom. The van der Waals surface area contributed by atoms with E-state index in [4.69, 9.17) is 12.2 Å². The van der Waals surface area contributed by atoms with E-state index in [1.54, 1.807) is 6.07 Å². The highest BCUT2D eigenvalue weighted by atomic mass is 32.1. The monoisotopic (exact) mass is 396 g/mol. The van der Waals surface area contributed by atoms with Crippen LogP contribution in [0, 0.1) is 5.92 Å². The Labute approximate surface area is 157 Å². The average molecular weight is 396 g/mol. The van der Waals surface area contributed by atoms with E-state index in [1.165, 1.54) is 48.5 Å². The van der Waals surface area contributed by atoms with Crippen LogP contribution in [0.5, 0.6) is 5.75 Å². The lowest BCUT2D eigenvalue weighted by Crippen LogP contribution is -2.72. The highest BCUT2D eigenvalue weighted by molar-refractivity contribution is 7.80. The smallest absolute Gasteiger partial charge is 0.437 e. The Kier molecular flexibility index (Phi) is 4.83. The molecule has 27 heavy (non-hydrogen) atoms. The fraction of sp³-hybridized carbons (Fsp3) is 0.222. The molecule has 3 rings (SSSR count). The number of phenols is 1. The summed E-state index contributed by atoms with van der Waals surface area (Å²) in [4.78, 5) is 13.0. The van der Waals surface area contributed by atoms with Crippen molar-refractivity contribution in [2.24, 2.45) is 5.92 Å². The number of aromatic hydroxyl groups is 1. The van der Waals surface area contributed by atoms with Gasteiger partial charge in [-0.3, -0.25) is 4.79 Å². The molecular weight excluding hydrogens is 381 g/mol. The average Bonchev–Trinajstić information content (AvgIpc) is 2.61. The normalized spacial score (nSPS) is 25.4. The van der Waals surface area contributed by atoms with Crippen molar-refractivity contribution in [2.45, 2.75) is 17.9 Å². The van der Waals surface area contributed by atoms with Gasteiger partial charge in [-0.1, -0.05) is 42.5 Å². The third kappa shape index (κ3) is 3.47. The standard InChI is InChI=1S/C18H15F3N2O3S/c19-18(20,21)17(26)13(15(25)11-4-2-1-3-5-11)14(22-16(27)23-17)10-6-8-12(24)9-7-10/h1-9,13-14,24,26H,(H2,22,23,27). The van der Waals surface area contributed by atoms with Crippen molar-refractivity contribution in [3.05, 3.63) is 65.7 Å². The van der Waals surface area contributed by atoms with Gasteiger partial charge in [0.2, 0.25) is 5.72 Å². The lowest BCUT2D eigenvalue weighted by atomic mass is 9.77. The minimum absolute atomic E-state index is 0.0189. The number of carbonyl (C=O) groups excluding carboxylic acids is 1. The summed E-state index contributed by atoms with van der Waals surface area (Å²) in [5.41, 5.74) is -3.29. The van der Waals surface area contributed by atoms with Gasteiger partial charge >= 0.3 is 6.18 Å². The van der Waals surface area contributed by atoms with Gasteiger partial charge in [-0.2, -0.15) is 13.2 Å². The van der Waals surface area contributed by atoms with Crippen LogP contribution in [0.3, 0.4) is 0 Å². The second kappa shape index (κ2) is 6.82. The van der Waals surface area contributed by atoms with Crippen molar-refractivity contribution < 1.29 is 28.2 Å². The van der Waals surface area contributed by atoms with Crippen LogP contribution < -0.4 is 10.6 Å². The quantitative estimate of drug-likeness (QED) is 0.472. The molecule has 9 heteroatoms. The number of hydrogen-bond donors (Lipinski definition) is 4. The summed E-state index contributed by atoms with van der Waals surface area (Å²) in [7, 11) is 0. The van der Waals surface area contributed by atoms with Crippen LogP contribution in [0.15, 0.2) is 54.6 Å². The number of benzene rings is 2. The number of rotatable bonds is 3. The van der Waals surface area contributed by atoms with Crippen LogP contribution >= 0.6 is 12.2 Å². The van der Waals surface area contributed by atoms with Crippen molar-refractivity contribution in [3.8, 4) is 5.75 Å². The highest BCUT2D eigenvalue weighted by Crippen LogP contribution is 2.44. The third-order valence-corrected chi connectivity index (χ3v) is 4.62. The topological polar surface area (TPSA) is 81.6 Å². The third-order valence-electron chi connectivity index (χ3n) is 4.40. The van der Waals surface area contributed by atoms with Gasteiger partial charge in [0.1, 0.15) is 11.7 Å². The zero-order valence-corrected chi connectivity index (χ0v) is 14.5. The van der Waals surface area contributed by atoms with E-state index in [0.717, 1.165) is 0 Å². The van der Waals surface area contributed by atoms with Gasteiger partial charge in [-0.05, 0) is 29.9 Å². The lowest BCUT2D eigenvalue weighted by molar-refractivity contribution is -0.285. The van der Waals surface area contributed by atoms with Gasteiger partial charge in [0.15, 0.2) is 10.9 Å². The van der Waals surface area contributed by atoms with Gasteiger partial charge in [0.25, 0.3) is 0 Å². The number of hydrogen-bond acceptors (Lipinski definition) is 4. The summed E-state index contributed by atoms with van der Waals surface area (Å²) >= 11 is 4.84. The van der Waals surface area contributed by atoms with Crippen LogP contribution in [-0.4, -0.2) is 33.0 Å². The molecule has 0 amide bonds. The minimum Gasteiger partial charge on any atom is -0.508 e. The Morgan fingerprint density at radius 1 is 1.07 bits per heavy atom. The van der Waals surface area contributed by atoms with E-state index in [-0.39, 0.29) is 16.9 Å². The summed E-state index contributed by atoms with van der Waals surface area (Å²) in [6.45, 7) is 0. The molecule has 2 aromatic rings. The highest BCUT2D eigenvalue weighted by Gasteiger charge is 2.65. The molecule has 1 heterocycles. The van der Waals surface area contributed by atoms with Crippen molar-refractivity contribution in [2.75, 3.05) is 0 Å². The first-order valence-corrected chi connectivity index (χ1v) is 8.30. The zero-order valence-electron chi connectivity index (χ0n) is 13.7. The molecule has 0 spiro atoms. The van der Waals surface area contributed by atoms with E-state index in [1.807, 2.05) is 5.32 Å². The SMILES string of the molecule is O=C(c1ccccc1)C1C(c2ccc(O)cc2)NC(=S)NC1(O)C(F)(F)F. The second-order valence-corrected chi connectivity index (χ2v) is 6.55. The van der Waals surface area contributed by atoms with E-state index in [2.05, 4.69) is 5.32 Å². The van der Waals surface area contributed by atoms with Crippen LogP contribution in [0.1, 0.15) is 22.0 Å². The number of halogens is 3. The largest absolute Gasteiger partial charge is 0.508 e. The summed E-state index contributed by atoms with van der Waals surface area (Å²) in [6, 6.07) is 11.4. The van der Waals surface area contributed by atoms with Gasteiger partial charge in [0, 0.05) is 5.56 Å². The number of alkyl halides is 3. The molecular formula is C18H15F3N2O3S. The van der Waals surface area contributed by atoms with Gasteiger partial charge < -0.3 is 20.8 Å². The second-order valence-electron chi connectivity index (χ2n) is 6.14. The number of phenolic OH excluding ortho intramolecular Hbond substituents is 1. The number of nitrogens with one attached hydrogen (secondary N) is 2. The molecule has 142 valence electrons. The van der Waals surface area contributed by atoms with Gasteiger partial charge in [-0.15, -0.1) is 0 Å². The molecule has 4 N–H and O–H groups in total. The Balaban J connectivity index is 2.15. The predicted octanol–water partition coefficient (Wildman–Crippen LogP) is 2.66. The number of ketones is 1. The fourth-order valence-corrected chi connectivity index (χ4v) is 3.36. The summed E-state index contributed by atoms with van der Waals surface area (Å²) in [6.07, 6.45) is -5.18. The van der Waals surface area contributed by atoms with E-state index in [0.29, 0.717) is 0 Å². The Morgan fingerprint density at radius 2 is 1.67 bits per heavy atom. The number of aliphatic hydroxyl groups is 1. The molecule has 1 fully saturated rings. The molecule has 1 saturated heterocycles. The first-order chi connectivity index (χ1) is 12.6. The molecule has 0 saturated carbocycles. The van der Waals surface area contributed by atoms with Crippen LogP contribution in [0.2, 0.25) is 0 Å². The molecule has 1 aliphatic rings. The summed E-state index contributed by atoms with van der Waals surface area (Å²) in [5, 5.41) is 24.0. The molecule has 3 unspecified atom stereocenters. The minimum atomic E-state index is -5.18. The number of thiocarbonyl (C=S) groups is 1. The van der Waals surface area contributed by atoms with Gasteiger partial charge in [-0.25, -0.2) is 0 Å². The Hall–Kier alpha value is -2.65. The van der Waals surface area contributed by atoms with Crippen LogP contribution in [0.25, 0.3) is 0 Å². The van der Waals surface area contributed by atoms with E-state index in [9.17, 15) is 28.2 Å². The molecule has 2 aromatic carbocycles. The first kappa shape index (κ1) is 19.1. The van der Waals surface area contributed by atoms with Crippen molar-refractivity contribution in [1.29, 1.82) is 0 Å². The van der Waals surface area contributed by atoms with Crippen molar-refractivity contribution in [1.82, 2.24) is 10.6 Å².